The molecule has 0 saturated carbocycles. The minimum atomic E-state index is -4.31. The van der Waals surface area contributed by atoms with Gasteiger partial charge in [0.2, 0.25) is 0 Å². The van der Waals surface area contributed by atoms with Crippen LogP contribution in [0.4, 0.5) is 13.2 Å². The first-order valence-corrected chi connectivity index (χ1v) is 6.49. The summed E-state index contributed by atoms with van der Waals surface area (Å²) in [7, 11) is 0. The van der Waals surface area contributed by atoms with Crippen molar-refractivity contribution in [2.75, 3.05) is 0 Å². The Morgan fingerprint density at radius 1 is 1.39 bits per heavy atom. The number of halogens is 3. The Bertz CT molecular complexity index is 681. The van der Waals surface area contributed by atoms with Gasteiger partial charge in [-0.15, -0.1) is 0 Å². The van der Waals surface area contributed by atoms with E-state index in [0.29, 0.717) is 21.5 Å². The van der Waals surface area contributed by atoms with Crippen LogP contribution >= 0.6 is 11.3 Å². The summed E-state index contributed by atoms with van der Waals surface area (Å²) in [5.41, 5.74) is 0.928. The van der Waals surface area contributed by atoms with Crippen LogP contribution in [0, 0.1) is 5.41 Å². The zero-order chi connectivity index (χ0) is 13.1. The van der Waals surface area contributed by atoms with E-state index in [-0.39, 0.29) is 6.04 Å². The Balaban J connectivity index is 2.38. The van der Waals surface area contributed by atoms with Crippen molar-refractivity contribution in [2.24, 2.45) is 0 Å². The summed E-state index contributed by atoms with van der Waals surface area (Å²) in [5.74, 6) is 0. The summed E-state index contributed by atoms with van der Waals surface area (Å²) < 4.78 is 40.8. The topological polar surface area (TPSA) is 28.8 Å². The Labute approximate surface area is 105 Å². The largest absolute Gasteiger partial charge is 0.416 e. The van der Waals surface area contributed by atoms with Gasteiger partial charge in [0.15, 0.2) is 4.80 Å². The molecule has 18 heavy (non-hydrogen) atoms. The van der Waals surface area contributed by atoms with Crippen molar-refractivity contribution in [1.29, 1.82) is 5.41 Å². The summed E-state index contributed by atoms with van der Waals surface area (Å²) in [4.78, 5) is 0.331. The van der Waals surface area contributed by atoms with Gasteiger partial charge in [0.25, 0.3) is 0 Å². The second-order valence-electron chi connectivity index (χ2n) is 4.64. The van der Waals surface area contributed by atoms with E-state index in [9.17, 15) is 13.2 Å². The van der Waals surface area contributed by atoms with Gasteiger partial charge in [0.05, 0.1) is 15.8 Å². The zero-order valence-corrected chi connectivity index (χ0v) is 10.5. The molecule has 0 bridgehead atoms. The van der Waals surface area contributed by atoms with Gasteiger partial charge < -0.3 is 4.57 Å². The van der Waals surface area contributed by atoms with Crippen molar-refractivity contribution in [3.05, 3.63) is 28.1 Å². The first-order chi connectivity index (χ1) is 8.38. The smallest absolute Gasteiger partial charge is 0.314 e. The minimum Gasteiger partial charge on any atom is -0.314 e. The standard InChI is InChI=1S/C12H11F3N2S/c1-6-2-3-7-4-8(12(13,14)15)5-9-10(7)17(6)11(16)18-9/h4-6,16H,2-3H2,1H3. The number of alkyl halides is 3. The van der Waals surface area contributed by atoms with Gasteiger partial charge in [-0.3, -0.25) is 5.41 Å². The first kappa shape index (κ1) is 11.8. The lowest BCUT2D eigenvalue weighted by molar-refractivity contribution is -0.137. The Morgan fingerprint density at radius 3 is 2.78 bits per heavy atom. The SMILES string of the molecule is CC1CCc2cc(C(F)(F)F)cc3sc(=N)n1c23. The van der Waals surface area contributed by atoms with Crippen molar-refractivity contribution >= 4 is 21.6 Å². The van der Waals surface area contributed by atoms with Gasteiger partial charge in [-0.25, -0.2) is 0 Å². The van der Waals surface area contributed by atoms with Crippen molar-refractivity contribution in [1.82, 2.24) is 4.57 Å². The molecule has 1 aliphatic heterocycles. The fourth-order valence-electron chi connectivity index (χ4n) is 2.54. The molecule has 1 unspecified atom stereocenters. The lowest BCUT2D eigenvalue weighted by atomic mass is 9.98. The molecule has 1 aromatic carbocycles. The average Bonchev–Trinajstić information content (AvgIpc) is 2.60. The van der Waals surface area contributed by atoms with Crippen LogP contribution < -0.4 is 4.80 Å². The predicted octanol–water partition coefficient (Wildman–Crippen LogP) is 3.71. The van der Waals surface area contributed by atoms with Crippen molar-refractivity contribution in [3.8, 4) is 0 Å². The predicted molar refractivity (Wildman–Crippen MR) is 63.7 cm³/mol. The molecule has 0 radical (unpaired) electrons. The van der Waals surface area contributed by atoms with E-state index < -0.39 is 11.7 Å². The summed E-state index contributed by atoms with van der Waals surface area (Å²) in [5, 5.41) is 7.89. The third-order valence-corrected chi connectivity index (χ3v) is 4.34. The highest BCUT2D eigenvalue weighted by molar-refractivity contribution is 7.16. The van der Waals surface area contributed by atoms with E-state index in [0.717, 1.165) is 29.3 Å². The molecule has 6 heteroatoms. The van der Waals surface area contributed by atoms with E-state index in [1.165, 1.54) is 6.07 Å². The monoisotopic (exact) mass is 272 g/mol. The average molecular weight is 272 g/mol. The molecule has 1 atom stereocenters. The number of rotatable bonds is 0. The fourth-order valence-corrected chi connectivity index (χ4v) is 3.63. The molecule has 1 aliphatic rings. The molecule has 0 amide bonds. The molecule has 1 N–H and O–H groups in total. The number of thiazole rings is 1. The molecular formula is C12H11F3N2S. The summed E-state index contributed by atoms with van der Waals surface area (Å²) in [6.07, 6.45) is -2.88. The van der Waals surface area contributed by atoms with Gasteiger partial charge in [-0.2, -0.15) is 13.2 Å². The van der Waals surface area contributed by atoms with E-state index in [2.05, 4.69) is 0 Å². The van der Waals surface area contributed by atoms with Gasteiger partial charge in [-0.1, -0.05) is 11.3 Å². The molecule has 96 valence electrons. The number of benzene rings is 1. The van der Waals surface area contributed by atoms with Crippen molar-refractivity contribution < 1.29 is 13.2 Å². The molecule has 0 saturated heterocycles. The Hall–Kier alpha value is -1.30. The van der Waals surface area contributed by atoms with Crippen LogP contribution in [-0.2, 0) is 12.6 Å². The summed E-state index contributed by atoms with van der Waals surface area (Å²) in [6, 6.07) is 2.59. The van der Waals surface area contributed by atoms with Crippen LogP contribution in [0.25, 0.3) is 10.2 Å². The lowest BCUT2D eigenvalue weighted by Gasteiger charge is -2.22. The Morgan fingerprint density at radius 2 is 2.11 bits per heavy atom. The van der Waals surface area contributed by atoms with Crippen LogP contribution in [0.3, 0.4) is 0 Å². The van der Waals surface area contributed by atoms with E-state index >= 15 is 0 Å². The van der Waals surface area contributed by atoms with Crippen LogP contribution in [0.2, 0.25) is 0 Å². The number of aryl methyl sites for hydroxylation is 1. The molecular weight excluding hydrogens is 261 g/mol. The fraction of sp³-hybridized carbons (Fsp3) is 0.417. The third kappa shape index (κ3) is 1.59. The van der Waals surface area contributed by atoms with Gasteiger partial charge in [0, 0.05) is 6.04 Å². The van der Waals surface area contributed by atoms with Crippen LogP contribution in [0.15, 0.2) is 12.1 Å². The molecule has 2 heterocycles. The highest BCUT2D eigenvalue weighted by Gasteiger charge is 2.33. The maximum absolute atomic E-state index is 12.8. The lowest BCUT2D eigenvalue weighted by Crippen LogP contribution is -2.22. The molecule has 0 aliphatic carbocycles. The van der Waals surface area contributed by atoms with Gasteiger partial charge >= 0.3 is 6.18 Å². The Kier molecular flexibility index (Phi) is 2.35. The highest BCUT2D eigenvalue weighted by Crippen LogP contribution is 2.37. The molecule has 3 rings (SSSR count). The van der Waals surface area contributed by atoms with Crippen LogP contribution in [-0.4, -0.2) is 4.57 Å². The molecule has 0 fully saturated rings. The quantitative estimate of drug-likeness (QED) is 0.757. The maximum atomic E-state index is 12.8. The molecule has 2 nitrogen and oxygen atoms in total. The molecule has 2 aromatic rings. The third-order valence-electron chi connectivity index (χ3n) is 3.42. The van der Waals surface area contributed by atoms with Crippen molar-refractivity contribution in [2.45, 2.75) is 32.0 Å². The second-order valence-corrected chi connectivity index (χ2v) is 5.68. The van der Waals surface area contributed by atoms with Crippen LogP contribution in [0.1, 0.15) is 30.5 Å². The molecule has 0 spiro atoms. The van der Waals surface area contributed by atoms with E-state index in [1.807, 2.05) is 11.5 Å². The minimum absolute atomic E-state index is 0.190. The maximum Gasteiger partial charge on any atom is 0.416 e. The normalized spacial score (nSPS) is 19.4. The number of hydrogen-bond donors (Lipinski definition) is 1. The van der Waals surface area contributed by atoms with E-state index in [1.54, 1.807) is 0 Å². The molecule has 1 aromatic heterocycles. The van der Waals surface area contributed by atoms with E-state index in [4.69, 9.17) is 5.41 Å². The number of nitrogens with zero attached hydrogens (tertiary/aromatic N) is 1. The second kappa shape index (κ2) is 3.60. The van der Waals surface area contributed by atoms with Gasteiger partial charge in [0.1, 0.15) is 0 Å². The van der Waals surface area contributed by atoms with Gasteiger partial charge in [-0.05, 0) is 37.5 Å². The van der Waals surface area contributed by atoms with Crippen LogP contribution in [0.5, 0.6) is 0 Å². The summed E-state index contributed by atoms with van der Waals surface area (Å²) in [6.45, 7) is 2.00. The first-order valence-electron chi connectivity index (χ1n) is 5.67. The highest BCUT2D eigenvalue weighted by atomic mass is 32.1. The van der Waals surface area contributed by atoms with Crippen molar-refractivity contribution in [3.63, 3.8) is 0 Å². The zero-order valence-electron chi connectivity index (χ0n) is 9.64. The number of nitrogens with one attached hydrogen (secondary N) is 1. The number of hydrogen-bond acceptors (Lipinski definition) is 2. The summed E-state index contributed by atoms with van der Waals surface area (Å²) >= 11 is 1.12. The number of aromatic nitrogens is 1.